The van der Waals surface area contributed by atoms with E-state index < -0.39 is 0 Å². The van der Waals surface area contributed by atoms with E-state index in [2.05, 4.69) is 32.4 Å². The lowest BCUT2D eigenvalue weighted by molar-refractivity contribution is 0.794. The van der Waals surface area contributed by atoms with Crippen LogP contribution >= 0.6 is 0 Å². The van der Waals surface area contributed by atoms with Gasteiger partial charge in [0.05, 0.1) is 16.6 Å². The fourth-order valence-electron chi connectivity index (χ4n) is 3.13. The van der Waals surface area contributed by atoms with Gasteiger partial charge in [0.15, 0.2) is 0 Å². The van der Waals surface area contributed by atoms with Crippen molar-refractivity contribution in [1.29, 1.82) is 0 Å². The Hall–Kier alpha value is -2.43. The van der Waals surface area contributed by atoms with Gasteiger partial charge in [0.25, 0.3) is 0 Å². The molecule has 1 saturated heterocycles. The molecule has 0 saturated carbocycles. The lowest BCUT2D eigenvalue weighted by Crippen LogP contribution is -2.20. The zero-order chi connectivity index (χ0) is 14.9. The molecule has 3 heterocycles. The minimum absolute atomic E-state index is 0.834. The van der Waals surface area contributed by atoms with E-state index in [-0.39, 0.29) is 0 Å². The largest absolute Gasteiger partial charge is 0.341 e. The summed E-state index contributed by atoms with van der Waals surface area (Å²) in [6.45, 7) is 5.14. The number of aromatic nitrogens is 4. The molecule has 5 nitrogen and oxygen atoms in total. The first-order chi connectivity index (χ1) is 10.9. The predicted molar refractivity (Wildman–Crippen MR) is 87.9 cm³/mol. The van der Waals surface area contributed by atoms with Crippen molar-refractivity contribution in [2.75, 3.05) is 18.0 Å². The number of fused-ring (bicyclic) bond motifs is 1. The Morgan fingerprint density at radius 2 is 1.77 bits per heavy atom. The molecule has 2 aromatic heterocycles. The second-order valence-electron chi connectivity index (χ2n) is 5.63. The molecule has 1 fully saturated rings. The van der Waals surface area contributed by atoms with E-state index in [4.69, 9.17) is 4.98 Å². The SMILES string of the molecule is CCn1c(-c2cnc(N3CCCC3)nc2)nc2ccccc21. The van der Waals surface area contributed by atoms with Crippen LogP contribution in [0.4, 0.5) is 5.95 Å². The molecule has 0 radical (unpaired) electrons. The Kier molecular flexibility index (Phi) is 3.25. The van der Waals surface area contributed by atoms with Gasteiger partial charge in [-0.1, -0.05) is 12.1 Å². The van der Waals surface area contributed by atoms with E-state index in [1.54, 1.807) is 0 Å². The monoisotopic (exact) mass is 293 g/mol. The number of hydrogen-bond acceptors (Lipinski definition) is 4. The first-order valence-electron chi connectivity index (χ1n) is 7.89. The third-order valence-electron chi connectivity index (χ3n) is 4.26. The Balaban J connectivity index is 1.75. The Morgan fingerprint density at radius 1 is 1.05 bits per heavy atom. The van der Waals surface area contributed by atoms with Crippen LogP contribution in [-0.4, -0.2) is 32.6 Å². The summed E-state index contributed by atoms with van der Waals surface area (Å²) >= 11 is 0. The number of aryl methyl sites for hydroxylation is 1. The second kappa shape index (κ2) is 5.40. The molecule has 0 spiro atoms. The minimum Gasteiger partial charge on any atom is -0.341 e. The summed E-state index contributed by atoms with van der Waals surface area (Å²) in [6, 6.07) is 8.22. The van der Waals surface area contributed by atoms with Gasteiger partial charge in [-0.15, -0.1) is 0 Å². The van der Waals surface area contributed by atoms with Crippen molar-refractivity contribution in [1.82, 2.24) is 19.5 Å². The van der Waals surface area contributed by atoms with Crippen LogP contribution in [0.3, 0.4) is 0 Å². The number of rotatable bonds is 3. The molecule has 4 rings (SSSR count). The molecule has 0 amide bonds. The van der Waals surface area contributed by atoms with Gasteiger partial charge in [-0.25, -0.2) is 15.0 Å². The average Bonchev–Trinajstić information content (AvgIpc) is 3.22. The van der Waals surface area contributed by atoms with Crippen LogP contribution in [0.5, 0.6) is 0 Å². The van der Waals surface area contributed by atoms with E-state index in [9.17, 15) is 0 Å². The molecule has 0 aliphatic carbocycles. The maximum absolute atomic E-state index is 4.75. The summed E-state index contributed by atoms with van der Waals surface area (Å²) in [5.74, 6) is 1.78. The highest BCUT2D eigenvalue weighted by atomic mass is 15.3. The van der Waals surface area contributed by atoms with Crippen LogP contribution in [0.1, 0.15) is 19.8 Å². The quantitative estimate of drug-likeness (QED) is 0.744. The van der Waals surface area contributed by atoms with Gasteiger partial charge in [0.1, 0.15) is 5.82 Å². The van der Waals surface area contributed by atoms with E-state index in [0.717, 1.165) is 48.0 Å². The zero-order valence-electron chi connectivity index (χ0n) is 12.7. The van der Waals surface area contributed by atoms with E-state index in [1.807, 2.05) is 30.6 Å². The van der Waals surface area contributed by atoms with Crippen molar-refractivity contribution in [3.63, 3.8) is 0 Å². The standard InChI is InChI=1S/C17H19N5/c1-2-22-15-8-4-3-7-14(15)20-16(22)13-11-18-17(19-12-13)21-9-5-6-10-21/h3-4,7-8,11-12H,2,5-6,9-10H2,1H3. The summed E-state index contributed by atoms with van der Waals surface area (Å²) in [5.41, 5.74) is 3.15. The number of anilines is 1. The molecule has 0 unspecified atom stereocenters. The molecule has 0 N–H and O–H groups in total. The first-order valence-corrected chi connectivity index (χ1v) is 7.89. The van der Waals surface area contributed by atoms with Crippen LogP contribution < -0.4 is 4.90 Å². The summed E-state index contributed by atoms with van der Waals surface area (Å²) in [7, 11) is 0. The third-order valence-corrected chi connectivity index (χ3v) is 4.26. The molecule has 1 aliphatic rings. The van der Waals surface area contributed by atoms with Crippen LogP contribution in [0.15, 0.2) is 36.7 Å². The Labute approximate surface area is 129 Å². The van der Waals surface area contributed by atoms with Gasteiger partial charge in [-0.05, 0) is 31.9 Å². The molecule has 0 bridgehead atoms. The Bertz CT molecular complexity index is 784. The summed E-state index contributed by atoms with van der Waals surface area (Å²) in [6.07, 6.45) is 6.26. The first kappa shape index (κ1) is 13.2. The lowest BCUT2D eigenvalue weighted by atomic mass is 10.3. The summed E-state index contributed by atoms with van der Waals surface area (Å²) < 4.78 is 2.21. The number of benzene rings is 1. The van der Waals surface area contributed by atoms with Crippen molar-refractivity contribution in [3.8, 4) is 11.4 Å². The number of imidazole rings is 1. The van der Waals surface area contributed by atoms with Gasteiger partial charge >= 0.3 is 0 Å². The molecule has 1 aliphatic heterocycles. The second-order valence-corrected chi connectivity index (χ2v) is 5.63. The number of hydrogen-bond donors (Lipinski definition) is 0. The third kappa shape index (κ3) is 2.13. The summed E-state index contributed by atoms with van der Waals surface area (Å²) in [4.78, 5) is 16.1. The van der Waals surface area contributed by atoms with Crippen molar-refractivity contribution in [2.24, 2.45) is 0 Å². The van der Waals surface area contributed by atoms with E-state index in [1.165, 1.54) is 12.8 Å². The van der Waals surface area contributed by atoms with Gasteiger partial charge in [0.2, 0.25) is 5.95 Å². The highest BCUT2D eigenvalue weighted by Crippen LogP contribution is 2.25. The van der Waals surface area contributed by atoms with Gasteiger partial charge in [0, 0.05) is 32.0 Å². The number of para-hydroxylation sites is 2. The summed E-state index contributed by atoms with van der Waals surface area (Å²) in [5, 5.41) is 0. The molecular formula is C17H19N5. The van der Waals surface area contributed by atoms with Crippen LogP contribution in [-0.2, 0) is 6.54 Å². The van der Waals surface area contributed by atoms with Crippen molar-refractivity contribution in [3.05, 3.63) is 36.7 Å². The molecule has 0 atom stereocenters. The maximum atomic E-state index is 4.75. The van der Waals surface area contributed by atoms with Gasteiger partial charge in [-0.2, -0.15) is 0 Å². The molecule has 112 valence electrons. The van der Waals surface area contributed by atoms with Crippen molar-refractivity contribution < 1.29 is 0 Å². The highest BCUT2D eigenvalue weighted by molar-refractivity contribution is 5.80. The van der Waals surface area contributed by atoms with Crippen molar-refractivity contribution >= 4 is 17.0 Å². The van der Waals surface area contributed by atoms with Gasteiger partial charge < -0.3 is 9.47 Å². The lowest BCUT2D eigenvalue weighted by Gasteiger charge is -2.14. The molecule has 5 heteroatoms. The van der Waals surface area contributed by atoms with Crippen LogP contribution in [0, 0.1) is 0 Å². The average molecular weight is 293 g/mol. The van der Waals surface area contributed by atoms with Crippen molar-refractivity contribution in [2.45, 2.75) is 26.3 Å². The zero-order valence-corrected chi connectivity index (χ0v) is 12.7. The van der Waals surface area contributed by atoms with E-state index >= 15 is 0 Å². The normalized spacial score (nSPS) is 14.9. The smallest absolute Gasteiger partial charge is 0.225 e. The fourth-order valence-corrected chi connectivity index (χ4v) is 3.13. The predicted octanol–water partition coefficient (Wildman–Crippen LogP) is 3.11. The molecule has 3 aromatic rings. The van der Waals surface area contributed by atoms with Gasteiger partial charge in [-0.3, -0.25) is 0 Å². The fraction of sp³-hybridized carbons (Fsp3) is 0.353. The maximum Gasteiger partial charge on any atom is 0.225 e. The van der Waals surface area contributed by atoms with Crippen LogP contribution in [0.2, 0.25) is 0 Å². The van der Waals surface area contributed by atoms with Crippen LogP contribution in [0.25, 0.3) is 22.4 Å². The molecule has 1 aromatic carbocycles. The van der Waals surface area contributed by atoms with E-state index in [0.29, 0.717) is 0 Å². The molecular weight excluding hydrogens is 274 g/mol. The molecule has 22 heavy (non-hydrogen) atoms. The highest BCUT2D eigenvalue weighted by Gasteiger charge is 2.16. The Morgan fingerprint density at radius 3 is 2.50 bits per heavy atom. The number of nitrogens with zero attached hydrogens (tertiary/aromatic N) is 5. The topological polar surface area (TPSA) is 46.8 Å². The minimum atomic E-state index is 0.834.